The van der Waals surface area contributed by atoms with Crippen LogP contribution in [0.25, 0.3) is 11.1 Å². The molecule has 0 saturated carbocycles. The summed E-state index contributed by atoms with van der Waals surface area (Å²) in [5, 5.41) is 0.537. The van der Waals surface area contributed by atoms with Crippen molar-refractivity contribution in [2.24, 2.45) is 0 Å². The number of benzene rings is 2. The first-order chi connectivity index (χ1) is 9.72. The highest BCUT2D eigenvalue weighted by atomic mass is 35.5. The third kappa shape index (κ3) is 2.65. The molecule has 1 aromatic heterocycles. The van der Waals surface area contributed by atoms with Crippen LogP contribution in [0, 0.1) is 0 Å². The molecule has 0 aliphatic rings. The van der Waals surface area contributed by atoms with E-state index in [1.165, 1.54) is 0 Å². The molecule has 0 spiro atoms. The number of carbonyl (C=O) groups excluding carboxylic acids is 1. The standard InChI is InChI=1S/C15H10ClNO3/c16-11-6-7-13-12(8-11)17-14(20-13)15(18)19-9-10-4-2-1-3-5-10/h1-8H,9H2. The fourth-order valence-corrected chi connectivity index (χ4v) is 1.94. The molecule has 100 valence electrons. The van der Waals surface area contributed by atoms with Gasteiger partial charge in [0.15, 0.2) is 5.58 Å². The van der Waals surface area contributed by atoms with Crippen LogP contribution >= 0.6 is 11.6 Å². The maximum absolute atomic E-state index is 11.9. The largest absolute Gasteiger partial charge is 0.454 e. The molecule has 0 bridgehead atoms. The van der Waals surface area contributed by atoms with Crippen LogP contribution in [0.4, 0.5) is 0 Å². The third-order valence-corrected chi connectivity index (χ3v) is 2.97. The molecule has 2 aromatic carbocycles. The molecule has 1 heterocycles. The fourth-order valence-electron chi connectivity index (χ4n) is 1.77. The molecular weight excluding hydrogens is 278 g/mol. The van der Waals surface area contributed by atoms with Crippen molar-refractivity contribution in [1.29, 1.82) is 0 Å². The van der Waals surface area contributed by atoms with E-state index < -0.39 is 5.97 Å². The first-order valence-corrected chi connectivity index (χ1v) is 6.37. The van der Waals surface area contributed by atoms with Gasteiger partial charge >= 0.3 is 11.9 Å². The average Bonchev–Trinajstić information content (AvgIpc) is 2.89. The minimum absolute atomic E-state index is 0.0711. The molecule has 3 rings (SSSR count). The van der Waals surface area contributed by atoms with Gasteiger partial charge in [-0.15, -0.1) is 0 Å². The van der Waals surface area contributed by atoms with Gasteiger partial charge in [0.2, 0.25) is 0 Å². The van der Waals surface area contributed by atoms with Crippen molar-refractivity contribution in [3.63, 3.8) is 0 Å². The van der Waals surface area contributed by atoms with Crippen LogP contribution in [-0.2, 0) is 11.3 Å². The van der Waals surface area contributed by atoms with Gasteiger partial charge < -0.3 is 9.15 Å². The average molecular weight is 288 g/mol. The molecule has 0 amide bonds. The molecule has 3 aromatic rings. The Labute approximate surface area is 119 Å². The van der Waals surface area contributed by atoms with Gasteiger partial charge in [0, 0.05) is 5.02 Å². The Morgan fingerprint density at radius 2 is 2.00 bits per heavy atom. The van der Waals surface area contributed by atoms with E-state index in [0.29, 0.717) is 16.1 Å². The zero-order valence-electron chi connectivity index (χ0n) is 10.4. The molecule has 0 saturated heterocycles. The highest BCUT2D eigenvalue weighted by molar-refractivity contribution is 6.31. The number of halogens is 1. The predicted octanol–water partition coefficient (Wildman–Crippen LogP) is 3.84. The van der Waals surface area contributed by atoms with Crippen molar-refractivity contribution >= 4 is 28.7 Å². The number of nitrogens with zero attached hydrogens (tertiary/aromatic N) is 1. The van der Waals surface area contributed by atoms with Gasteiger partial charge in [-0.3, -0.25) is 0 Å². The van der Waals surface area contributed by atoms with Crippen LogP contribution < -0.4 is 0 Å². The van der Waals surface area contributed by atoms with Gasteiger partial charge in [-0.2, -0.15) is 0 Å². The second-order valence-corrected chi connectivity index (χ2v) is 4.63. The third-order valence-electron chi connectivity index (χ3n) is 2.74. The fraction of sp³-hybridized carbons (Fsp3) is 0.0667. The highest BCUT2D eigenvalue weighted by Gasteiger charge is 2.16. The van der Waals surface area contributed by atoms with Crippen molar-refractivity contribution < 1.29 is 13.9 Å². The van der Waals surface area contributed by atoms with Crippen molar-refractivity contribution in [1.82, 2.24) is 4.98 Å². The molecule has 0 atom stereocenters. The van der Waals surface area contributed by atoms with Gasteiger partial charge in [0.1, 0.15) is 12.1 Å². The zero-order valence-corrected chi connectivity index (χ0v) is 11.1. The molecule has 20 heavy (non-hydrogen) atoms. The highest BCUT2D eigenvalue weighted by Crippen LogP contribution is 2.20. The number of hydrogen-bond donors (Lipinski definition) is 0. The molecule has 0 aliphatic heterocycles. The lowest BCUT2D eigenvalue weighted by Gasteiger charge is -2.01. The predicted molar refractivity (Wildman–Crippen MR) is 74.6 cm³/mol. The van der Waals surface area contributed by atoms with Crippen LogP contribution in [0.5, 0.6) is 0 Å². The molecule has 0 N–H and O–H groups in total. The molecule has 0 aliphatic carbocycles. The lowest BCUT2D eigenvalue weighted by atomic mass is 10.2. The van der Waals surface area contributed by atoms with Gasteiger partial charge in [0.05, 0.1) is 0 Å². The summed E-state index contributed by atoms with van der Waals surface area (Å²) in [5.74, 6) is -0.667. The first kappa shape index (κ1) is 12.7. The summed E-state index contributed by atoms with van der Waals surface area (Å²) >= 11 is 5.85. The Kier molecular flexibility index (Phi) is 3.39. The van der Waals surface area contributed by atoms with Gasteiger partial charge in [-0.1, -0.05) is 41.9 Å². The molecule has 0 fully saturated rings. The number of hydrogen-bond acceptors (Lipinski definition) is 4. The van der Waals surface area contributed by atoms with Crippen molar-refractivity contribution in [3.8, 4) is 0 Å². The molecule has 0 unspecified atom stereocenters. The van der Waals surface area contributed by atoms with Crippen LogP contribution in [-0.4, -0.2) is 11.0 Å². The van der Waals surface area contributed by atoms with Crippen LogP contribution in [0.1, 0.15) is 16.2 Å². The second-order valence-electron chi connectivity index (χ2n) is 4.19. The lowest BCUT2D eigenvalue weighted by Crippen LogP contribution is -2.05. The SMILES string of the molecule is O=C(OCc1ccccc1)c1nc2cc(Cl)ccc2o1. The zero-order chi connectivity index (χ0) is 13.9. The van der Waals surface area contributed by atoms with E-state index >= 15 is 0 Å². The van der Waals surface area contributed by atoms with E-state index in [2.05, 4.69) is 4.98 Å². The summed E-state index contributed by atoms with van der Waals surface area (Å²) in [7, 11) is 0. The number of aromatic nitrogens is 1. The van der Waals surface area contributed by atoms with E-state index in [0.717, 1.165) is 5.56 Å². The van der Waals surface area contributed by atoms with Crippen LogP contribution in [0.3, 0.4) is 0 Å². The smallest absolute Gasteiger partial charge is 0.395 e. The normalized spacial score (nSPS) is 10.7. The van der Waals surface area contributed by atoms with Crippen LogP contribution in [0.2, 0.25) is 5.02 Å². The minimum Gasteiger partial charge on any atom is -0.454 e. The summed E-state index contributed by atoms with van der Waals surface area (Å²) in [6, 6.07) is 14.4. The van der Waals surface area contributed by atoms with E-state index in [9.17, 15) is 4.79 Å². The maximum Gasteiger partial charge on any atom is 0.395 e. The summed E-state index contributed by atoms with van der Waals surface area (Å²) < 4.78 is 10.5. The van der Waals surface area contributed by atoms with E-state index in [-0.39, 0.29) is 12.5 Å². The number of rotatable bonds is 3. The topological polar surface area (TPSA) is 52.3 Å². The van der Waals surface area contributed by atoms with Gasteiger partial charge in [0.25, 0.3) is 0 Å². The van der Waals surface area contributed by atoms with E-state index in [1.807, 2.05) is 30.3 Å². The molecule has 0 radical (unpaired) electrons. The Hall–Kier alpha value is -2.33. The van der Waals surface area contributed by atoms with E-state index in [1.54, 1.807) is 18.2 Å². The number of ether oxygens (including phenoxy) is 1. The first-order valence-electron chi connectivity index (χ1n) is 5.99. The minimum atomic E-state index is -0.596. The number of esters is 1. The summed E-state index contributed by atoms with van der Waals surface area (Å²) in [4.78, 5) is 15.9. The summed E-state index contributed by atoms with van der Waals surface area (Å²) in [6.45, 7) is 0.180. The number of oxazole rings is 1. The van der Waals surface area contributed by atoms with Crippen molar-refractivity contribution in [3.05, 3.63) is 65.0 Å². The summed E-state index contributed by atoms with van der Waals surface area (Å²) in [5.41, 5.74) is 1.94. The second kappa shape index (κ2) is 5.35. The number of fused-ring (bicyclic) bond motifs is 1. The van der Waals surface area contributed by atoms with Crippen molar-refractivity contribution in [2.45, 2.75) is 6.61 Å². The van der Waals surface area contributed by atoms with Crippen molar-refractivity contribution in [2.75, 3.05) is 0 Å². The monoisotopic (exact) mass is 287 g/mol. The van der Waals surface area contributed by atoms with E-state index in [4.69, 9.17) is 20.8 Å². The molecular formula is C15H10ClNO3. The quantitative estimate of drug-likeness (QED) is 0.687. The Morgan fingerprint density at radius 3 is 2.80 bits per heavy atom. The molecule has 4 nitrogen and oxygen atoms in total. The maximum atomic E-state index is 11.9. The summed E-state index contributed by atoms with van der Waals surface area (Å²) in [6.07, 6.45) is 0. The number of carbonyl (C=O) groups is 1. The molecule has 5 heteroatoms. The van der Waals surface area contributed by atoms with Gasteiger partial charge in [-0.05, 0) is 23.8 Å². The van der Waals surface area contributed by atoms with Crippen LogP contribution in [0.15, 0.2) is 52.9 Å². The Morgan fingerprint density at radius 1 is 1.20 bits per heavy atom. The Balaban J connectivity index is 1.75. The van der Waals surface area contributed by atoms with Gasteiger partial charge in [-0.25, -0.2) is 9.78 Å². The Bertz CT molecular complexity index is 752. The lowest BCUT2D eigenvalue weighted by molar-refractivity contribution is 0.0429.